The lowest BCUT2D eigenvalue weighted by atomic mass is 9.81. The fourth-order valence-corrected chi connectivity index (χ4v) is 4.72. The molecule has 4 rings (SSSR count). The maximum Gasteiger partial charge on any atom is 0.224 e. The Bertz CT molecular complexity index is 994. The number of rotatable bonds is 3. The number of fused-ring (bicyclic) bond motifs is 4. The molecule has 1 aliphatic heterocycles. The van der Waals surface area contributed by atoms with E-state index in [1.807, 2.05) is 36.4 Å². The second kappa shape index (κ2) is 10.3. The molecule has 2 aromatic rings. The van der Waals surface area contributed by atoms with Gasteiger partial charge in [-0.1, -0.05) is 42.0 Å². The third kappa shape index (κ3) is 5.22. The van der Waals surface area contributed by atoms with Crippen LogP contribution < -0.4 is 16.4 Å². The summed E-state index contributed by atoms with van der Waals surface area (Å²) in [5.41, 5.74) is 7.76. The SMILES string of the molecule is NCC1CCC(C(=O)N[C@H]2C/C=C\CCC(=O)Nc3ccccc3-c3nc2[nH]c3Cl)CC1. The summed E-state index contributed by atoms with van der Waals surface area (Å²) >= 11 is 6.52. The first-order valence-corrected chi connectivity index (χ1v) is 11.7. The number of aromatic amines is 1. The van der Waals surface area contributed by atoms with Gasteiger partial charge in [-0.15, -0.1) is 0 Å². The van der Waals surface area contributed by atoms with Crippen LogP contribution in [0.25, 0.3) is 11.3 Å². The van der Waals surface area contributed by atoms with E-state index in [9.17, 15) is 9.59 Å². The van der Waals surface area contributed by atoms with Crippen molar-refractivity contribution < 1.29 is 9.59 Å². The van der Waals surface area contributed by atoms with Crippen molar-refractivity contribution in [1.82, 2.24) is 15.3 Å². The van der Waals surface area contributed by atoms with Crippen molar-refractivity contribution in [2.24, 2.45) is 17.6 Å². The van der Waals surface area contributed by atoms with Crippen LogP contribution in [0.4, 0.5) is 5.69 Å². The fourth-order valence-electron chi connectivity index (χ4n) is 4.48. The number of halogens is 1. The van der Waals surface area contributed by atoms with E-state index in [-0.39, 0.29) is 23.8 Å². The van der Waals surface area contributed by atoms with Gasteiger partial charge in [-0.2, -0.15) is 0 Å². The fraction of sp³-hybridized carbons (Fsp3) is 0.458. The highest BCUT2D eigenvalue weighted by atomic mass is 35.5. The number of nitrogens with zero attached hydrogens (tertiary/aromatic N) is 1. The van der Waals surface area contributed by atoms with Crippen LogP contribution in [0.5, 0.6) is 0 Å². The zero-order valence-corrected chi connectivity index (χ0v) is 18.8. The molecule has 0 spiro atoms. The van der Waals surface area contributed by atoms with E-state index >= 15 is 0 Å². The zero-order valence-electron chi connectivity index (χ0n) is 18.1. The normalized spacial score (nSPS) is 24.8. The van der Waals surface area contributed by atoms with Crippen molar-refractivity contribution in [1.29, 1.82) is 0 Å². The van der Waals surface area contributed by atoms with Crippen molar-refractivity contribution in [2.45, 2.75) is 51.0 Å². The number of hydrogen-bond acceptors (Lipinski definition) is 4. The van der Waals surface area contributed by atoms with Gasteiger partial charge in [0.15, 0.2) is 0 Å². The van der Waals surface area contributed by atoms with Gasteiger partial charge in [0.25, 0.3) is 0 Å². The first kappa shape index (κ1) is 22.6. The number of H-pyrrole nitrogens is 1. The minimum atomic E-state index is -0.325. The van der Waals surface area contributed by atoms with Gasteiger partial charge in [0, 0.05) is 17.9 Å². The summed E-state index contributed by atoms with van der Waals surface area (Å²) in [6, 6.07) is 7.13. The van der Waals surface area contributed by atoms with Crippen molar-refractivity contribution in [3.05, 3.63) is 47.4 Å². The van der Waals surface area contributed by atoms with E-state index in [1.165, 1.54) is 0 Å². The Kier molecular flexibility index (Phi) is 7.27. The monoisotopic (exact) mass is 455 g/mol. The van der Waals surface area contributed by atoms with E-state index in [2.05, 4.69) is 15.6 Å². The molecule has 0 saturated heterocycles. The molecule has 5 N–H and O–H groups in total. The molecule has 2 aliphatic rings. The number of amides is 2. The summed E-state index contributed by atoms with van der Waals surface area (Å²) < 4.78 is 0. The predicted molar refractivity (Wildman–Crippen MR) is 126 cm³/mol. The van der Waals surface area contributed by atoms with Gasteiger partial charge in [0.05, 0.1) is 11.7 Å². The van der Waals surface area contributed by atoms with Crippen molar-refractivity contribution in [2.75, 3.05) is 11.9 Å². The van der Waals surface area contributed by atoms with Gasteiger partial charge >= 0.3 is 0 Å². The molecule has 1 aromatic carbocycles. The highest BCUT2D eigenvalue weighted by molar-refractivity contribution is 6.32. The summed E-state index contributed by atoms with van der Waals surface area (Å²) in [4.78, 5) is 33.3. The van der Waals surface area contributed by atoms with E-state index in [1.54, 1.807) is 0 Å². The highest BCUT2D eigenvalue weighted by Crippen LogP contribution is 2.34. The highest BCUT2D eigenvalue weighted by Gasteiger charge is 2.28. The Labute approximate surface area is 193 Å². The minimum Gasteiger partial charge on any atom is -0.346 e. The van der Waals surface area contributed by atoms with Gasteiger partial charge < -0.3 is 21.4 Å². The number of anilines is 1. The third-order valence-electron chi connectivity index (χ3n) is 6.41. The number of para-hydroxylation sites is 1. The zero-order chi connectivity index (χ0) is 22.5. The van der Waals surface area contributed by atoms with Crippen LogP contribution in [-0.4, -0.2) is 28.3 Å². The summed E-state index contributed by atoms with van der Waals surface area (Å²) in [6.45, 7) is 0.689. The maximum absolute atomic E-state index is 13.0. The number of benzene rings is 1. The first-order valence-electron chi connectivity index (χ1n) is 11.3. The molecule has 170 valence electrons. The van der Waals surface area contributed by atoms with Gasteiger partial charge in [-0.25, -0.2) is 4.98 Å². The molecular formula is C24H30ClN5O2. The van der Waals surface area contributed by atoms with E-state index in [0.29, 0.717) is 54.1 Å². The summed E-state index contributed by atoms with van der Waals surface area (Å²) in [5.74, 6) is 1.12. The van der Waals surface area contributed by atoms with Crippen LogP contribution in [0.1, 0.15) is 56.8 Å². The number of nitrogens with two attached hydrogens (primary N) is 1. The molecule has 0 unspecified atom stereocenters. The Balaban J connectivity index is 1.60. The van der Waals surface area contributed by atoms with Crippen molar-refractivity contribution in [3.63, 3.8) is 0 Å². The van der Waals surface area contributed by atoms with Gasteiger partial charge in [0.1, 0.15) is 16.7 Å². The molecule has 1 fully saturated rings. The molecule has 2 heterocycles. The van der Waals surface area contributed by atoms with Crippen LogP contribution in [0.2, 0.25) is 5.15 Å². The number of hydrogen-bond donors (Lipinski definition) is 4. The molecule has 1 saturated carbocycles. The molecule has 7 nitrogen and oxygen atoms in total. The minimum absolute atomic E-state index is 0.00110. The topological polar surface area (TPSA) is 113 Å². The van der Waals surface area contributed by atoms with Gasteiger partial charge in [0.2, 0.25) is 11.8 Å². The number of nitrogens with one attached hydrogen (secondary N) is 3. The molecular weight excluding hydrogens is 426 g/mol. The number of aromatic nitrogens is 2. The van der Waals surface area contributed by atoms with Crippen LogP contribution >= 0.6 is 11.6 Å². The number of carbonyl (C=O) groups excluding carboxylic acids is 2. The second-order valence-electron chi connectivity index (χ2n) is 8.64. The largest absolute Gasteiger partial charge is 0.346 e. The quantitative estimate of drug-likeness (QED) is 0.516. The number of imidazole rings is 1. The Hall–Kier alpha value is -2.64. The van der Waals surface area contributed by atoms with E-state index in [0.717, 1.165) is 31.2 Å². The Morgan fingerprint density at radius 3 is 2.75 bits per heavy atom. The van der Waals surface area contributed by atoms with Crippen molar-refractivity contribution in [3.8, 4) is 11.3 Å². The summed E-state index contributed by atoms with van der Waals surface area (Å²) in [7, 11) is 0. The molecule has 1 atom stereocenters. The molecule has 1 aliphatic carbocycles. The molecule has 32 heavy (non-hydrogen) atoms. The number of allylic oxidation sites excluding steroid dienone is 1. The van der Waals surface area contributed by atoms with Crippen LogP contribution in [0.15, 0.2) is 36.4 Å². The smallest absolute Gasteiger partial charge is 0.224 e. The van der Waals surface area contributed by atoms with E-state index < -0.39 is 0 Å². The van der Waals surface area contributed by atoms with Crippen LogP contribution in [-0.2, 0) is 9.59 Å². The lowest BCUT2D eigenvalue weighted by molar-refractivity contribution is -0.127. The van der Waals surface area contributed by atoms with Crippen molar-refractivity contribution >= 4 is 29.1 Å². The number of carbonyl (C=O) groups is 2. The molecule has 1 aromatic heterocycles. The second-order valence-corrected chi connectivity index (χ2v) is 9.02. The van der Waals surface area contributed by atoms with Gasteiger partial charge in [-0.05, 0) is 57.1 Å². The lowest BCUT2D eigenvalue weighted by Crippen LogP contribution is -2.36. The Morgan fingerprint density at radius 2 is 1.97 bits per heavy atom. The third-order valence-corrected chi connectivity index (χ3v) is 6.68. The Morgan fingerprint density at radius 1 is 1.19 bits per heavy atom. The van der Waals surface area contributed by atoms with E-state index in [4.69, 9.17) is 22.3 Å². The van der Waals surface area contributed by atoms with Crippen LogP contribution in [0.3, 0.4) is 0 Å². The van der Waals surface area contributed by atoms with Gasteiger partial charge in [-0.3, -0.25) is 9.59 Å². The molecule has 2 amide bonds. The predicted octanol–water partition coefficient (Wildman–Crippen LogP) is 4.33. The molecule has 2 bridgehead atoms. The lowest BCUT2D eigenvalue weighted by Gasteiger charge is -2.28. The maximum atomic E-state index is 13.0. The summed E-state index contributed by atoms with van der Waals surface area (Å²) in [6.07, 6.45) is 9.25. The molecule has 0 radical (unpaired) electrons. The van der Waals surface area contributed by atoms with Crippen LogP contribution in [0, 0.1) is 11.8 Å². The average Bonchev–Trinajstić information content (AvgIpc) is 3.19. The average molecular weight is 456 g/mol. The standard InChI is InChI=1S/C24H30ClN5O2/c25-22-21-17-6-4-5-7-18(17)27-20(31)9-3-1-2-8-19(23(29-21)30-22)28-24(32)16-12-10-15(14-26)11-13-16/h1-2,4-7,15-16,19H,3,8-14,26H2,(H,27,31)(H,28,32)(H,29,30)/b2-1-/t15?,16?,19-/m0/s1. The first-order chi connectivity index (χ1) is 15.5. The molecule has 8 heteroatoms. The summed E-state index contributed by atoms with van der Waals surface area (Å²) in [5, 5.41) is 6.52.